The number of hydrogen-bond acceptors (Lipinski definition) is 6. The molecule has 0 amide bonds. The highest BCUT2D eigenvalue weighted by molar-refractivity contribution is 5.45. The van der Waals surface area contributed by atoms with Gasteiger partial charge in [-0.2, -0.15) is 5.10 Å². The van der Waals surface area contributed by atoms with Crippen molar-refractivity contribution in [3.63, 3.8) is 0 Å². The lowest BCUT2D eigenvalue weighted by Gasteiger charge is -2.39. The Bertz CT molecular complexity index is 809. The van der Waals surface area contributed by atoms with Crippen molar-refractivity contribution in [3.05, 3.63) is 29.3 Å². The minimum atomic E-state index is 0.552. The van der Waals surface area contributed by atoms with Gasteiger partial charge >= 0.3 is 0 Å². The number of H-pyrrole nitrogens is 1. The lowest BCUT2D eigenvalue weighted by molar-refractivity contribution is 0.198. The molecule has 2 aromatic rings. The first kappa shape index (κ1) is 17.9. The second-order valence-electron chi connectivity index (χ2n) is 8.40. The van der Waals surface area contributed by atoms with Crippen LogP contribution in [0.5, 0.6) is 5.88 Å². The number of anilines is 1. The summed E-state index contributed by atoms with van der Waals surface area (Å²) < 4.78 is 5.32. The maximum atomic E-state index is 5.32. The first-order valence-electron chi connectivity index (χ1n) is 10.7. The van der Waals surface area contributed by atoms with Crippen LogP contribution >= 0.6 is 0 Å². The van der Waals surface area contributed by atoms with Crippen LogP contribution in [0.25, 0.3) is 0 Å². The van der Waals surface area contributed by atoms with E-state index in [1.807, 2.05) is 6.07 Å². The number of nitrogens with one attached hydrogen (secondary N) is 1. The molecule has 0 aromatic carbocycles. The number of piperidine rings is 1. The molecule has 28 heavy (non-hydrogen) atoms. The molecule has 1 N–H and O–H groups in total. The topological polar surface area (TPSA) is 70.2 Å². The van der Waals surface area contributed by atoms with Gasteiger partial charge in [0, 0.05) is 43.5 Å². The van der Waals surface area contributed by atoms with Gasteiger partial charge in [0.2, 0.25) is 5.88 Å². The molecule has 5 rings (SSSR count). The third kappa shape index (κ3) is 3.60. The number of ether oxygens (including phenoxy) is 1. The highest BCUT2D eigenvalue weighted by Gasteiger charge is 2.36. The van der Waals surface area contributed by atoms with Gasteiger partial charge in [-0.25, -0.2) is 9.97 Å². The fraction of sp³-hybridized carbons (Fsp3) is 0.667. The Hall–Kier alpha value is -2.15. The van der Waals surface area contributed by atoms with Gasteiger partial charge < -0.3 is 9.64 Å². The molecular formula is C21H30N6O. The Kier molecular flexibility index (Phi) is 4.93. The van der Waals surface area contributed by atoms with Crippen LogP contribution in [0.15, 0.2) is 12.4 Å². The molecular weight excluding hydrogens is 352 g/mol. The van der Waals surface area contributed by atoms with E-state index < -0.39 is 0 Å². The highest BCUT2D eigenvalue weighted by atomic mass is 16.5. The number of fused-ring (bicyclic) bond motifs is 1. The lowest BCUT2D eigenvalue weighted by atomic mass is 9.95. The average molecular weight is 383 g/mol. The molecule has 3 aliphatic rings. The summed E-state index contributed by atoms with van der Waals surface area (Å²) >= 11 is 0. The van der Waals surface area contributed by atoms with E-state index in [1.54, 1.807) is 13.4 Å². The number of rotatable bonds is 6. The Balaban J connectivity index is 1.24. The standard InChI is InChI=1S/C21H30N6O/c1-28-21-12-20(22-14-23-21)27(15-6-7-15)16-8-10-26(11-9-16)13-19-17-4-2-3-5-18(17)24-25-19/h12,14-16H,2-11,13H2,1H3,(H,24,25). The maximum absolute atomic E-state index is 5.32. The number of likely N-dealkylation sites (tertiary alicyclic amines) is 1. The third-order valence-electron chi connectivity index (χ3n) is 6.51. The minimum Gasteiger partial charge on any atom is -0.481 e. The zero-order chi connectivity index (χ0) is 18.9. The highest BCUT2D eigenvalue weighted by Crippen LogP contribution is 2.36. The van der Waals surface area contributed by atoms with Crippen LogP contribution in [0.3, 0.4) is 0 Å². The number of aromatic nitrogens is 4. The van der Waals surface area contributed by atoms with E-state index >= 15 is 0 Å². The molecule has 7 heteroatoms. The Morgan fingerprint density at radius 3 is 2.68 bits per heavy atom. The Morgan fingerprint density at radius 1 is 1.11 bits per heavy atom. The number of aromatic amines is 1. The average Bonchev–Trinajstić information content (AvgIpc) is 3.50. The molecule has 0 bridgehead atoms. The van der Waals surface area contributed by atoms with Gasteiger partial charge in [-0.1, -0.05) is 0 Å². The van der Waals surface area contributed by atoms with Gasteiger partial charge in [0.1, 0.15) is 12.1 Å². The van der Waals surface area contributed by atoms with E-state index in [9.17, 15) is 0 Å². The molecule has 3 heterocycles. The van der Waals surface area contributed by atoms with Crippen molar-refractivity contribution >= 4 is 5.82 Å². The zero-order valence-corrected chi connectivity index (χ0v) is 16.7. The number of aryl methyl sites for hydroxylation is 1. The van der Waals surface area contributed by atoms with Crippen LogP contribution in [0.2, 0.25) is 0 Å². The minimum absolute atomic E-state index is 0.552. The summed E-state index contributed by atoms with van der Waals surface area (Å²) in [6.07, 6.45) is 11.5. The zero-order valence-electron chi connectivity index (χ0n) is 16.7. The Labute approximate surface area is 166 Å². The maximum Gasteiger partial charge on any atom is 0.218 e. The molecule has 150 valence electrons. The molecule has 0 radical (unpaired) electrons. The summed E-state index contributed by atoms with van der Waals surface area (Å²) in [4.78, 5) is 13.9. The molecule has 0 unspecified atom stereocenters. The Morgan fingerprint density at radius 2 is 1.89 bits per heavy atom. The van der Waals surface area contributed by atoms with Crippen molar-refractivity contribution < 1.29 is 4.74 Å². The van der Waals surface area contributed by atoms with Crippen molar-refractivity contribution in [1.82, 2.24) is 25.1 Å². The molecule has 0 spiro atoms. The number of methoxy groups -OCH3 is 1. The first-order valence-corrected chi connectivity index (χ1v) is 10.7. The van der Waals surface area contributed by atoms with Gasteiger partial charge in [0.05, 0.1) is 12.8 Å². The summed E-state index contributed by atoms with van der Waals surface area (Å²) in [5.41, 5.74) is 4.17. The molecule has 2 fully saturated rings. The van der Waals surface area contributed by atoms with E-state index in [0.717, 1.165) is 25.5 Å². The fourth-order valence-corrected chi connectivity index (χ4v) is 4.86. The van der Waals surface area contributed by atoms with Crippen molar-refractivity contribution in [1.29, 1.82) is 0 Å². The largest absolute Gasteiger partial charge is 0.481 e. The van der Waals surface area contributed by atoms with Gasteiger partial charge in [0.15, 0.2) is 0 Å². The first-order chi connectivity index (χ1) is 13.8. The van der Waals surface area contributed by atoms with Crippen LogP contribution in [0.1, 0.15) is 55.5 Å². The van der Waals surface area contributed by atoms with E-state index in [2.05, 4.69) is 30.0 Å². The molecule has 7 nitrogen and oxygen atoms in total. The second-order valence-corrected chi connectivity index (χ2v) is 8.40. The summed E-state index contributed by atoms with van der Waals surface area (Å²) in [5, 5.41) is 7.93. The van der Waals surface area contributed by atoms with Crippen LogP contribution < -0.4 is 9.64 Å². The van der Waals surface area contributed by atoms with Gasteiger partial charge in [0.25, 0.3) is 0 Å². The van der Waals surface area contributed by atoms with Crippen LogP contribution in [-0.2, 0) is 19.4 Å². The van der Waals surface area contributed by atoms with Crippen molar-refractivity contribution in [2.45, 2.75) is 70.0 Å². The number of hydrogen-bond donors (Lipinski definition) is 1. The smallest absolute Gasteiger partial charge is 0.218 e. The quantitative estimate of drug-likeness (QED) is 0.828. The normalized spacial score (nSPS) is 20.8. The fourth-order valence-electron chi connectivity index (χ4n) is 4.86. The van der Waals surface area contributed by atoms with Crippen LogP contribution in [0, 0.1) is 0 Å². The lowest BCUT2D eigenvalue weighted by Crippen LogP contribution is -2.46. The van der Waals surface area contributed by atoms with E-state index in [-0.39, 0.29) is 0 Å². The molecule has 1 saturated carbocycles. The predicted molar refractivity (Wildman–Crippen MR) is 108 cm³/mol. The summed E-state index contributed by atoms with van der Waals surface area (Å²) in [6, 6.07) is 3.17. The molecule has 2 aliphatic carbocycles. The van der Waals surface area contributed by atoms with Gasteiger partial charge in [-0.3, -0.25) is 10.00 Å². The molecule has 2 aromatic heterocycles. The van der Waals surface area contributed by atoms with E-state index in [4.69, 9.17) is 4.74 Å². The number of nitrogens with zero attached hydrogens (tertiary/aromatic N) is 5. The predicted octanol–water partition coefficient (Wildman–Crippen LogP) is 2.72. The second kappa shape index (κ2) is 7.70. The monoisotopic (exact) mass is 382 g/mol. The van der Waals surface area contributed by atoms with Gasteiger partial charge in [-0.05, 0) is 56.9 Å². The van der Waals surface area contributed by atoms with Crippen molar-refractivity contribution in [2.75, 3.05) is 25.1 Å². The van der Waals surface area contributed by atoms with Crippen LogP contribution in [0.4, 0.5) is 5.82 Å². The van der Waals surface area contributed by atoms with Crippen molar-refractivity contribution in [2.24, 2.45) is 0 Å². The SMILES string of the molecule is COc1cc(N(C2CC2)C2CCN(Cc3n[nH]c4c3CCCC4)CC2)ncn1. The van der Waals surface area contributed by atoms with Gasteiger partial charge in [-0.15, -0.1) is 0 Å². The summed E-state index contributed by atoms with van der Waals surface area (Å²) in [7, 11) is 1.67. The molecule has 1 aliphatic heterocycles. The molecule has 1 saturated heterocycles. The summed E-state index contributed by atoms with van der Waals surface area (Å²) in [5.74, 6) is 1.67. The summed E-state index contributed by atoms with van der Waals surface area (Å²) in [6.45, 7) is 3.23. The van der Waals surface area contributed by atoms with E-state index in [0.29, 0.717) is 18.0 Å². The third-order valence-corrected chi connectivity index (χ3v) is 6.51. The van der Waals surface area contributed by atoms with E-state index in [1.165, 1.54) is 68.3 Å². The van der Waals surface area contributed by atoms with Crippen molar-refractivity contribution in [3.8, 4) is 5.88 Å². The van der Waals surface area contributed by atoms with Crippen LogP contribution in [-0.4, -0.2) is 57.3 Å². The molecule has 0 atom stereocenters.